The summed E-state index contributed by atoms with van der Waals surface area (Å²) in [5, 5.41) is 10.1. The Labute approximate surface area is 160 Å². The molecule has 2 heterocycles. The van der Waals surface area contributed by atoms with E-state index in [1.54, 1.807) is 6.07 Å². The number of fused-ring (bicyclic) bond motifs is 1. The van der Waals surface area contributed by atoms with Crippen LogP contribution in [0.2, 0.25) is 0 Å². The van der Waals surface area contributed by atoms with E-state index in [-0.39, 0.29) is 16.9 Å². The number of nitriles is 1. The molecule has 1 saturated heterocycles. The highest BCUT2D eigenvalue weighted by Gasteiger charge is 2.66. The minimum atomic E-state index is -1.94. The van der Waals surface area contributed by atoms with Crippen molar-refractivity contribution in [2.24, 2.45) is 11.1 Å². The van der Waals surface area contributed by atoms with Gasteiger partial charge in [-0.25, -0.2) is 4.39 Å². The maximum Gasteiger partial charge on any atom is 0.329 e. The number of ether oxygens (including phenoxy) is 1. The Kier molecular flexibility index (Phi) is 4.77. The molecule has 3 rings (SSSR count). The molecular weight excluding hydrogens is 365 g/mol. The van der Waals surface area contributed by atoms with Gasteiger partial charge in [0.1, 0.15) is 11.9 Å². The number of hydrogen-bond donors (Lipinski definition) is 1. The SMILES string of the molecule is COC(=O)C1(C#N)C(c2ccccc2F)C(C(N)=O)N2C=C(C(C)=O)C=CC21. The molecule has 0 bridgehead atoms. The van der Waals surface area contributed by atoms with Crippen LogP contribution in [-0.2, 0) is 19.1 Å². The van der Waals surface area contributed by atoms with Crippen LogP contribution >= 0.6 is 0 Å². The van der Waals surface area contributed by atoms with Crippen molar-refractivity contribution in [1.82, 2.24) is 4.90 Å². The number of hydrogen-bond acceptors (Lipinski definition) is 6. The van der Waals surface area contributed by atoms with E-state index in [0.717, 1.165) is 7.11 Å². The summed E-state index contributed by atoms with van der Waals surface area (Å²) in [5.41, 5.74) is 3.95. The highest BCUT2D eigenvalue weighted by atomic mass is 19.1. The molecule has 0 radical (unpaired) electrons. The van der Waals surface area contributed by atoms with Gasteiger partial charge in [0.15, 0.2) is 11.2 Å². The number of halogens is 1. The fourth-order valence-corrected chi connectivity index (χ4v) is 4.08. The molecule has 28 heavy (non-hydrogen) atoms. The van der Waals surface area contributed by atoms with Crippen molar-refractivity contribution in [3.8, 4) is 6.07 Å². The van der Waals surface area contributed by atoms with Gasteiger partial charge in [0.2, 0.25) is 5.91 Å². The monoisotopic (exact) mass is 383 g/mol. The van der Waals surface area contributed by atoms with Crippen LogP contribution < -0.4 is 5.73 Å². The van der Waals surface area contributed by atoms with Crippen molar-refractivity contribution in [3.63, 3.8) is 0 Å². The zero-order chi connectivity index (χ0) is 20.6. The molecule has 4 unspecified atom stereocenters. The molecule has 2 N–H and O–H groups in total. The molecule has 1 aromatic rings. The van der Waals surface area contributed by atoms with Gasteiger partial charge in [-0.2, -0.15) is 5.26 Å². The third-order valence-electron chi connectivity index (χ3n) is 5.31. The van der Waals surface area contributed by atoms with Gasteiger partial charge in [0.05, 0.1) is 19.2 Å². The van der Waals surface area contributed by atoms with Crippen molar-refractivity contribution < 1.29 is 23.5 Å². The van der Waals surface area contributed by atoms with Gasteiger partial charge < -0.3 is 15.4 Å². The molecule has 144 valence electrons. The number of esters is 1. The Hall–Kier alpha value is -3.47. The van der Waals surface area contributed by atoms with E-state index in [2.05, 4.69) is 0 Å². The molecule has 7 nitrogen and oxygen atoms in total. The normalized spacial score (nSPS) is 28.1. The van der Waals surface area contributed by atoms with Crippen molar-refractivity contribution in [2.45, 2.75) is 24.9 Å². The van der Waals surface area contributed by atoms with Crippen LogP contribution in [0.4, 0.5) is 4.39 Å². The molecule has 0 spiro atoms. The second-order valence-corrected chi connectivity index (χ2v) is 6.71. The van der Waals surface area contributed by atoms with E-state index in [1.165, 1.54) is 48.4 Å². The van der Waals surface area contributed by atoms with Crippen molar-refractivity contribution in [2.75, 3.05) is 7.11 Å². The first-order valence-electron chi connectivity index (χ1n) is 8.51. The van der Waals surface area contributed by atoms with Crippen LogP contribution in [0.15, 0.2) is 48.2 Å². The van der Waals surface area contributed by atoms with Crippen LogP contribution in [0, 0.1) is 22.6 Å². The zero-order valence-electron chi connectivity index (χ0n) is 15.3. The number of carbonyl (C=O) groups excluding carboxylic acids is 3. The number of carbonyl (C=O) groups is 3. The highest BCUT2D eigenvalue weighted by Crippen LogP contribution is 2.54. The summed E-state index contributed by atoms with van der Waals surface area (Å²) in [6.07, 6.45) is 4.34. The maximum absolute atomic E-state index is 14.7. The summed E-state index contributed by atoms with van der Waals surface area (Å²) < 4.78 is 19.6. The van der Waals surface area contributed by atoms with Crippen LogP contribution in [-0.4, -0.2) is 41.8 Å². The average molecular weight is 383 g/mol. The molecule has 1 amide bonds. The number of rotatable bonds is 4. The van der Waals surface area contributed by atoms with Gasteiger partial charge in [-0.1, -0.05) is 30.4 Å². The van der Waals surface area contributed by atoms with Crippen LogP contribution in [0.25, 0.3) is 0 Å². The van der Waals surface area contributed by atoms with Crippen molar-refractivity contribution in [1.29, 1.82) is 5.26 Å². The maximum atomic E-state index is 14.7. The van der Waals surface area contributed by atoms with E-state index in [9.17, 15) is 24.0 Å². The fourth-order valence-electron chi connectivity index (χ4n) is 4.08. The highest BCUT2D eigenvalue weighted by molar-refractivity contribution is 5.97. The van der Waals surface area contributed by atoms with Gasteiger partial charge >= 0.3 is 5.97 Å². The molecule has 1 fully saturated rings. The number of allylic oxidation sites excluding steroid dienone is 2. The summed E-state index contributed by atoms with van der Waals surface area (Å²) in [4.78, 5) is 38.4. The Morgan fingerprint density at radius 1 is 1.32 bits per heavy atom. The fraction of sp³-hybridized carbons (Fsp3) is 0.300. The minimum Gasteiger partial charge on any atom is -0.468 e. The lowest BCUT2D eigenvalue weighted by atomic mass is 9.68. The Morgan fingerprint density at radius 3 is 2.54 bits per heavy atom. The number of benzene rings is 1. The quantitative estimate of drug-likeness (QED) is 0.781. The van der Waals surface area contributed by atoms with Crippen molar-refractivity contribution >= 4 is 17.7 Å². The summed E-state index contributed by atoms with van der Waals surface area (Å²) in [6.45, 7) is 1.35. The summed E-state index contributed by atoms with van der Waals surface area (Å²) >= 11 is 0. The molecule has 2 aliphatic rings. The number of ketones is 1. The molecule has 0 saturated carbocycles. The van der Waals surface area contributed by atoms with E-state index in [0.29, 0.717) is 0 Å². The number of amides is 1. The first kappa shape index (κ1) is 19.3. The summed E-state index contributed by atoms with van der Waals surface area (Å²) in [7, 11) is 1.12. The number of Topliss-reactive ketones (excluding diaryl/α,β-unsaturated/α-hetero) is 1. The van der Waals surface area contributed by atoms with E-state index < -0.39 is 41.1 Å². The topological polar surface area (TPSA) is 113 Å². The first-order valence-corrected chi connectivity index (χ1v) is 8.51. The lowest BCUT2D eigenvalue weighted by Gasteiger charge is -2.32. The van der Waals surface area contributed by atoms with Gasteiger partial charge in [0, 0.05) is 17.7 Å². The Morgan fingerprint density at radius 2 is 2.00 bits per heavy atom. The van der Waals surface area contributed by atoms with Crippen LogP contribution in [0.3, 0.4) is 0 Å². The predicted molar refractivity (Wildman–Crippen MR) is 95.7 cm³/mol. The van der Waals surface area contributed by atoms with Gasteiger partial charge in [-0.3, -0.25) is 14.4 Å². The largest absolute Gasteiger partial charge is 0.468 e. The first-order chi connectivity index (χ1) is 13.3. The smallest absolute Gasteiger partial charge is 0.329 e. The van der Waals surface area contributed by atoms with Crippen molar-refractivity contribution in [3.05, 3.63) is 59.6 Å². The predicted octanol–water partition coefficient (Wildman–Crippen LogP) is 1.17. The number of nitrogens with zero attached hydrogens (tertiary/aromatic N) is 2. The van der Waals surface area contributed by atoms with Crippen LogP contribution in [0.1, 0.15) is 18.4 Å². The van der Waals surface area contributed by atoms with Gasteiger partial charge in [-0.05, 0) is 18.6 Å². The third kappa shape index (κ3) is 2.59. The average Bonchev–Trinajstić information content (AvgIpc) is 2.98. The number of methoxy groups -OCH3 is 1. The zero-order valence-corrected chi connectivity index (χ0v) is 15.3. The van der Waals surface area contributed by atoms with E-state index >= 15 is 0 Å². The number of nitrogens with two attached hydrogens (primary N) is 1. The van der Waals surface area contributed by atoms with Crippen LogP contribution in [0.5, 0.6) is 0 Å². The summed E-state index contributed by atoms with van der Waals surface area (Å²) in [5.74, 6) is -3.95. The molecule has 0 aliphatic carbocycles. The second kappa shape index (κ2) is 6.93. The molecule has 4 atom stereocenters. The minimum absolute atomic E-state index is 0.00109. The summed E-state index contributed by atoms with van der Waals surface area (Å²) in [6, 6.07) is 5.36. The molecule has 1 aromatic carbocycles. The third-order valence-corrected chi connectivity index (χ3v) is 5.31. The molecular formula is C20H18FN3O4. The Bertz CT molecular complexity index is 964. The van der Waals surface area contributed by atoms with E-state index in [1.807, 2.05) is 6.07 Å². The van der Waals surface area contributed by atoms with Gasteiger partial charge in [0.25, 0.3) is 0 Å². The lowest BCUT2D eigenvalue weighted by molar-refractivity contribution is -0.150. The second-order valence-electron chi connectivity index (χ2n) is 6.71. The van der Waals surface area contributed by atoms with E-state index in [4.69, 9.17) is 10.5 Å². The Balaban J connectivity index is 2.33. The standard InChI is InChI=1S/C20H18FN3O4/c1-11(25)12-7-8-15-20(10-22,19(27)28-2)16(13-5-3-4-6-14(13)21)17(18(23)26)24(15)9-12/h3-9,15-17H,1-2H3,(H2,23,26). The number of primary amides is 1. The van der Waals surface area contributed by atoms with Gasteiger partial charge in [-0.15, -0.1) is 0 Å². The lowest BCUT2D eigenvalue weighted by Crippen LogP contribution is -2.45. The molecule has 2 aliphatic heterocycles. The molecule has 8 heteroatoms. The molecule has 0 aromatic heterocycles.